The molecule has 6 nitrogen and oxygen atoms in total. The Balaban J connectivity index is 2.22. The van der Waals surface area contributed by atoms with Gasteiger partial charge in [-0.1, -0.05) is 55.2 Å². The molecule has 0 aliphatic heterocycles. The Morgan fingerprint density at radius 3 is 2.32 bits per heavy atom. The van der Waals surface area contributed by atoms with Gasteiger partial charge in [0.2, 0.25) is 0 Å². The quantitative estimate of drug-likeness (QED) is 0.607. The first-order valence-electron chi connectivity index (χ1n) is 8.53. The van der Waals surface area contributed by atoms with Crippen LogP contribution in [-0.2, 0) is 16.7 Å². The number of benzene rings is 2. The Morgan fingerprint density at radius 1 is 1.14 bits per heavy atom. The molecule has 28 heavy (non-hydrogen) atoms. The van der Waals surface area contributed by atoms with Gasteiger partial charge in [0.05, 0.1) is 22.0 Å². The van der Waals surface area contributed by atoms with Crippen LogP contribution < -0.4 is 9.50 Å². The second-order valence-corrected chi connectivity index (χ2v) is 9.13. The van der Waals surface area contributed by atoms with Crippen molar-refractivity contribution in [3.63, 3.8) is 0 Å². The lowest BCUT2D eigenvalue weighted by Crippen LogP contribution is -2.37. The fourth-order valence-electron chi connectivity index (χ4n) is 2.55. The van der Waals surface area contributed by atoms with Crippen molar-refractivity contribution in [2.24, 2.45) is 5.92 Å². The summed E-state index contributed by atoms with van der Waals surface area (Å²) in [6, 6.07) is 11.2. The predicted molar refractivity (Wildman–Crippen MR) is 113 cm³/mol. The van der Waals surface area contributed by atoms with Crippen molar-refractivity contribution in [2.75, 3.05) is 18.1 Å². The lowest BCUT2D eigenvalue weighted by atomic mass is 10.1. The summed E-state index contributed by atoms with van der Waals surface area (Å²) in [6.45, 7) is 4.72. The number of urea groups is 1. The van der Waals surface area contributed by atoms with Crippen LogP contribution in [0, 0.1) is 5.92 Å². The van der Waals surface area contributed by atoms with Gasteiger partial charge in [-0.2, -0.15) is 8.42 Å². The van der Waals surface area contributed by atoms with Crippen LogP contribution in [0.15, 0.2) is 42.5 Å². The largest absolute Gasteiger partial charge is 0.383 e. The van der Waals surface area contributed by atoms with E-state index in [0.717, 1.165) is 11.8 Å². The number of halogens is 2. The van der Waals surface area contributed by atoms with Crippen LogP contribution >= 0.6 is 23.2 Å². The van der Waals surface area contributed by atoms with E-state index in [2.05, 4.69) is 5.32 Å². The van der Waals surface area contributed by atoms with Gasteiger partial charge in [0.25, 0.3) is 0 Å². The maximum Gasteiger partial charge on any atom is 0.322 e. The molecule has 0 bridgehead atoms. The van der Waals surface area contributed by atoms with E-state index in [1.54, 1.807) is 47.4 Å². The minimum absolute atomic E-state index is 0.194. The summed E-state index contributed by atoms with van der Waals surface area (Å²) in [5.41, 5.74) is 1.07. The second-order valence-electron chi connectivity index (χ2n) is 6.74. The van der Waals surface area contributed by atoms with E-state index < -0.39 is 10.1 Å². The van der Waals surface area contributed by atoms with Gasteiger partial charge in [0.15, 0.2) is 0 Å². The molecule has 0 atom stereocenters. The number of carbonyl (C=O) groups is 1. The lowest BCUT2D eigenvalue weighted by molar-refractivity contribution is 0.201. The summed E-state index contributed by atoms with van der Waals surface area (Å²) >= 11 is 12.3. The van der Waals surface area contributed by atoms with Crippen molar-refractivity contribution in [3.05, 3.63) is 58.1 Å². The van der Waals surface area contributed by atoms with Crippen LogP contribution in [0.25, 0.3) is 0 Å². The Bertz CT molecular complexity index is 928. The van der Waals surface area contributed by atoms with Crippen molar-refractivity contribution in [1.29, 1.82) is 0 Å². The van der Waals surface area contributed by atoms with E-state index in [0.29, 0.717) is 22.3 Å². The molecule has 0 unspecified atom stereocenters. The number of rotatable bonds is 7. The van der Waals surface area contributed by atoms with Crippen LogP contribution in [0.3, 0.4) is 0 Å². The molecule has 0 saturated heterocycles. The van der Waals surface area contributed by atoms with Crippen molar-refractivity contribution in [1.82, 2.24) is 4.90 Å². The SMILES string of the molecule is CC(C)CN(Cc1cccc(OS(C)(=O)=O)c1)C(=O)Nc1c(Cl)cccc1Cl. The van der Waals surface area contributed by atoms with Crippen LogP contribution in [-0.4, -0.2) is 32.1 Å². The van der Waals surface area contributed by atoms with Crippen molar-refractivity contribution < 1.29 is 17.4 Å². The van der Waals surface area contributed by atoms with Crippen LogP contribution in [0.2, 0.25) is 10.0 Å². The van der Waals surface area contributed by atoms with Gasteiger partial charge in [-0.05, 0) is 35.7 Å². The third-order valence-corrected chi connectivity index (χ3v) is 4.71. The van der Waals surface area contributed by atoms with E-state index >= 15 is 0 Å². The fraction of sp³-hybridized carbons (Fsp3) is 0.316. The number of hydrogen-bond acceptors (Lipinski definition) is 4. The zero-order chi connectivity index (χ0) is 20.9. The molecule has 0 aliphatic carbocycles. The predicted octanol–water partition coefficient (Wildman–Crippen LogP) is 5.02. The molecule has 9 heteroatoms. The standard InChI is InChI=1S/C19H22Cl2N2O4S/c1-13(2)11-23(19(24)22-18-16(20)8-5-9-17(18)21)12-14-6-4-7-15(10-14)27-28(3,25)26/h4-10,13H,11-12H2,1-3H3,(H,22,24). The Kier molecular flexibility index (Phi) is 7.57. The van der Waals surface area contributed by atoms with E-state index in [1.807, 2.05) is 13.8 Å². The van der Waals surface area contributed by atoms with Crippen LogP contribution in [0.5, 0.6) is 5.75 Å². The molecule has 2 amide bonds. The molecule has 1 N–H and O–H groups in total. The Labute approximate surface area is 175 Å². The maximum absolute atomic E-state index is 12.8. The second kappa shape index (κ2) is 9.49. The number of anilines is 1. The Morgan fingerprint density at radius 2 is 1.75 bits per heavy atom. The first-order chi connectivity index (χ1) is 13.0. The third kappa shape index (κ3) is 6.89. The number of para-hydroxylation sites is 1. The zero-order valence-corrected chi connectivity index (χ0v) is 18.1. The van der Waals surface area contributed by atoms with Crippen LogP contribution in [0.1, 0.15) is 19.4 Å². The van der Waals surface area contributed by atoms with Gasteiger partial charge in [-0.3, -0.25) is 0 Å². The van der Waals surface area contributed by atoms with E-state index in [1.165, 1.54) is 0 Å². The van der Waals surface area contributed by atoms with Crippen molar-refractivity contribution in [3.8, 4) is 5.75 Å². The topological polar surface area (TPSA) is 75.7 Å². The van der Waals surface area contributed by atoms with Gasteiger partial charge >= 0.3 is 16.1 Å². The molecule has 0 aliphatic rings. The van der Waals surface area contributed by atoms with Gasteiger partial charge in [-0.15, -0.1) is 0 Å². The number of nitrogens with zero attached hydrogens (tertiary/aromatic N) is 1. The number of amides is 2. The highest BCUT2D eigenvalue weighted by Crippen LogP contribution is 2.30. The fourth-order valence-corrected chi connectivity index (χ4v) is 3.50. The van der Waals surface area contributed by atoms with Crippen molar-refractivity contribution >= 4 is 45.0 Å². The summed E-state index contributed by atoms with van der Waals surface area (Å²) in [7, 11) is -3.63. The summed E-state index contributed by atoms with van der Waals surface area (Å²) in [5, 5.41) is 3.44. The molecule has 0 aromatic heterocycles. The summed E-state index contributed by atoms with van der Waals surface area (Å²) in [4.78, 5) is 14.4. The molecular weight excluding hydrogens is 423 g/mol. The summed E-state index contributed by atoms with van der Waals surface area (Å²) in [6.07, 6.45) is 0.978. The Hall–Kier alpha value is -1.96. The summed E-state index contributed by atoms with van der Waals surface area (Å²) < 4.78 is 27.6. The average molecular weight is 445 g/mol. The lowest BCUT2D eigenvalue weighted by Gasteiger charge is -2.25. The van der Waals surface area contributed by atoms with Gasteiger partial charge in [0, 0.05) is 13.1 Å². The van der Waals surface area contributed by atoms with Crippen LogP contribution in [0.4, 0.5) is 10.5 Å². The molecule has 2 aromatic carbocycles. The first kappa shape index (κ1) is 22.3. The minimum atomic E-state index is -3.63. The number of carbonyl (C=O) groups excluding carboxylic acids is 1. The molecule has 2 aromatic rings. The molecule has 0 fully saturated rings. The van der Waals surface area contributed by atoms with Gasteiger partial charge < -0.3 is 14.4 Å². The molecule has 2 rings (SSSR count). The minimum Gasteiger partial charge on any atom is -0.383 e. The normalized spacial score (nSPS) is 11.4. The number of nitrogens with one attached hydrogen (secondary N) is 1. The molecule has 152 valence electrons. The number of hydrogen-bond donors (Lipinski definition) is 1. The highest BCUT2D eigenvalue weighted by Gasteiger charge is 2.18. The molecule has 0 spiro atoms. The zero-order valence-electron chi connectivity index (χ0n) is 15.8. The van der Waals surface area contributed by atoms with E-state index in [4.69, 9.17) is 27.4 Å². The monoisotopic (exact) mass is 444 g/mol. The maximum atomic E-state index is 12.8. The van der Waals surface area contributed by atoms with Gasteiger partial charge in [0.1, 0.15) is 5.75 Å². The molecule has 0 radical (unpaired) electrons. The molecular formula is C19H22Cl2N2O4S. The first-order valence-corrected chi connectivity index (χ1v) is 11.1. The van der Waals surface area contributed by atoms with E-state index in [-0.39, 0.29) is 24.2 Å². The average Bonchev–Trinajstić information content (AvgIpc) is 2.56. The van der Waals surface area contributed by atoms with Gasteiger partial charge in [-0.25, -0.2) is 4.79 Å². The smallest absolute Gasteiger partial charge is 0.322 e. The van der Waals surface area contributed by atoms with Crippen molar-refractivity contribution in [2.45, 2.75) is 20.4 Å². The summed E-state index contributed by atoms with van der Waals surface area (Å²) in [5.74, 6) is 0.405. The molecule has 0 heterocycles. The molecule has 0 saturated carbocycles. The van der Waals surface area contributed by atoms with E-state index in [9.17, 15) is 13.2 Å². The highest BCUT2D eigenvalue weighted by molar-refractivity contribution is 7.86. The third-order valence-electron chi connectivity index (χ3n) is 3.59. The highest BCUT2D eigenvalue weighted by atomic mass is 35.5.